The van der Waals surface area contributed by atoms with Crippen LogP contribution in [0.3, 0.4) is 0 Å². The van der Waals surface area contributed by atoms with Crippen LogP contribution in [0.5, 0.6) is 0 Å². The summed E-state index contributed by atoms with van der Waals surface area (Å²) in [5.74, 6) is 1.42. The first-order chi connectivity index (χ1) is 8.15. The topological polar surface area (TPSA) is 30.2 Å². The monoisotopic (exact) mass is 228 g/mol. The van der Waals surface area contributed by atoms with Gasteiger partial charge < -0.3 is 4.42 Å². The third kappa shape index (κ3) is 1.88. The predicted octanol–water partition coefficient (Wildman–Crippen LogP) is 4.15. The van der Waals surface area contributed by atoms with Gasteiger partial charge in [0.05, 0.1) is 0 Å². The highest BCUT2D eigenvalue weighted by Gasteiger charge is 2.32. The van der Waals surface area contributed by atoms with Crippen LogP contribution in [0, 0.1) is 5.92 Å². The number of rotatable bonds is 3. The van der Waals surface area contributed by atoms with E-state index >= 15 is 0 Å². The summed E-state index contributed by atoms with van der Waals surface area (Å²) in [6.07, 6.45) is 2.04. The second kappa shape index (κ2) is 3.73. The molecule has 0 N–H and O–H groups in total. The summed E-state index contributed by atoms with van der Waals surface area (Å²) in [7, 11) is 0. The molecular weight excluding hydrogens is 212 g/mol. The minimum absolute atomic E-state index is 0.173. The number of furan rings is 1. The molecule has 0 atom stereocenters. The Morgan fingerprint density at radius 1 is 1.29 bits per heavy atom. The number of ketones is 1. The molecular formula is C15H16O2. The summed E-state index contributed by atoms with van der Waals surface area (Å²) in [6.45, 7) is 4.33. The van der Waals surface area contributed by atoms with Crippen LogP contribution in [0.15, 0.2) is 28.7 Å². The average Bonchev–Trinajstić information content (AvgIpc) is 3.06. The van der Waals surface area contributed by atoms with Crippen molar-refractivity contribution in [3.63, 3.8) is 0 Å². The zero-order valence-corrected chi connectivity index (χ0v) is 10.2. The predicted molar refractivity (Wildman–Crippen MR) is 67.4 cm³/mol. The van der Waals surface area contributed by atoms with Crippen molar-refractivity contribution < 1.29 is 9.21 Å². The van der Waals surface area contributed by atoms with Crippen molar-refractivity contribution in [2.45, 2.75) is 32.6 Å². The van der Waals surface area contributed by atoms with Crippen LogP contribution in [-0.2, 0) is 0 Å². The molecule has 1 aromatic heterocycles. The largest absolute Gasteiger partial charge is 0.453 e. The van der Waals surface area contributed by atoms with Gasteiger partial charge in [-0.3, -0.25) is 4.79 Å². The molecule has 0 saturated heterocycles. The highest BCUT2D eigenvalue weighted by molar-refractivity contribution is 6.00. The van der Waals surface area contributed by atoms with Gasteiger partial charge in [0.15, 0.2) is 5.76 Å². The summed E-state index contributed by atoms with van der Waals surface area (Å²) in [4.78, 5) is 11.9. The maximum atomic E-state index is 11.9. The number of benzene rings is 1. The lowest BCUT2D eigenvalue weighted by Crippen LogP contribution is -1.98. The van der Waals surface area contributed by atoms with Crippen molar-refractivity contribution in [3.05, 3.63) is 35.6 Å². The Morgan fingerprint density at radius 3 is 2.71 bits per heavy atom. The first-order valence-corrected chi connectivity index (χ1v) is 6.23. The molecule has 0 spiro atoms. The number of carbonyl (C=O) groups excluding carboxylic acids is 1. The Hall–Kier alpha value is -1.57. The van der Waals surface area contributed by atoms with Crippen LogP contribution in [0.4, 0.5) is 0 Å². The van der Waals surface area contributed by atoms with Crippen LogP contribution < -0.4 is 0 Å². The molecule has 0 radical (unpaired) electrons. The molecule has 0 aliphatic heterocycles. The minimum Gasteiger partial charge on any atom is -0.453 e. The van der Waals surface area contributed by atoms with Crippen LogP contribution in [0.1, 0.15) is 48.7 Å². The summed E-state index contributed by atoms with van der Waals surface area (Å²) < 4.78 is 5.62. The zero-order valence-electron chi connectivity index (χ0n) is 10.2. The van der Waals surface area contributed by atoms with Crippen LogP contribution in [0.2, 0.25) is 0 Å². The Labute approximate surface area is 101 Å². The fourth-order valence-corrected chi connectivity index (χ4v) is 2.09. The third-order valence-electron chi connectivity index (χ3n) is 3.40. The number of fused-ring (bicyclic) bond motifs is 1. The first-order valence-electron chi connectivity index (χ1n) is 6.23. The zero-order chi connectivity index (χ0) is 12.0. The quantitative estimate of drug-likeness (QED) is 0.739. The molecule has 2 heteroatoms. The maximum absolute atomic E-state index is 11.9. The van der Waals surface area contributed by atoms with E-state index in [0.29, 0.717) is 11.7 Å². The van der Waals surface area contributed by atoms with Crippen molar-refractivity contribution in [2.75, 3.05) is 0 Å². The Morgan fingerprint density at radius 2 is 2.06 bits per heavy atom. The Kier molecular flexibility index (Phi) is 2.32. The molecule has 0 amide bonds. The van der Waals surface area contributed by atoms with Crippen molar-refractivity contribution >= 4 is 16.8 Å². The van der Waals surface area contributed by atoms with E-state index in [0.717, 1.165) is 23.8 Å². The lowest BCUT2D eigenvalue weighted by atomic mass is 10.0. The first kappa shape index (κ1) is 10.6. The fourth-order valence-electron chi connectivity index (χ4n) is 2.09. The number of carbonyl (C=O) groups is 1. The van der Waals surface area contributed by atoms with Crippen LogP contribution in [0.25, 0.3) is 11.0 Å². The fraction of sp³-hybridized carbons (Fsp3) is 0.400. The van der Waals surface area contributed by atoms with Gasteiger partial charge in [0.2, 0.25) is 5.78 Å². The number of hydrogen-bond donors (Lipinski definition) is 0. The van der Waals surface area contributed by atoms with Gasteiger partial charge in [-0.25, -0.2) is 0 Å². The van der Waals surface area contributed by atoms with E-state index in [4.69, 9.17) is 4.42 Å². The Bertz CT molecular complexity index is 574. The van der Waals surface area contributed by atoms with E-state index in [1.165, 1.54) is 5.56 Å². The van der Waals surface area contributed by atoms with E-state index in [9.17, 15) is 4.79 Å². The highest BCUT2D eigenvalue weighted by atomic mass is 16.3. The van der Waals surface area contributed by atoms with Crippen LogP contribution in [-0.4, -0.2) is 5.78 Å². The lowest BCUT2D eigenvalue weighted by Gasteiger charge is -2.03. The number of Topliss-reactive ketones (excluding diaryl/α,β-unsaturated/α-hetero) is 1. The second-order valence-electron chi connectivity index (χ2n) is 5.20. The van der Waals surface area contributed by atoms with E-state index in [1.807, 2.05) is 12.1 Å². The van der Waals surface area contributed by atoms with Gasteiger partial charge in [-0.1, -0.05) is 19.9 Å². The summed E-state index contributed by atoms with van der Waals surface area (Å²) in [5.41, 5.74) is 2.10. The SMILES string of the molecule is CC(C)c1ccc2oc(C(=O)C3CC3)cc2c1. The van der Waals surface area contributed by atoms with Gasteiger partial charge in [0, 0.05) is 11.3 Å². The molecule has 3 rings (SSSR count). The lowest BCUT2D eigenvalue weighted by molar-refractivity contribution is 0.0942. The highest BCUT2D eigenvalue weighted by Crippen LogP contribution is 2.34. The van der Waals surface area contributed by atoms with Crippen molar-refractivity contribution in [1.29, 1.82) is 0 Å². The molecule has 1 fully saturated rings. The van der Waals surface area contributed by atoms with Gasteiger partial charge in [-0.05, 0) is 42.5 Å². The molecule has 2 aromatic rings. The third-order valence-corrected chi connectivity index (χ3v) is 3.40. The van der Waals surface area contributed by atoms with E-state index < -0.39 is 0 Å². The van der Waals surface area contributed by atoms with Gasteiger partial charge in [-0.2, -0.15) is 0 Å². The van der Waals surface area contributed by atoms with Gasteiger partial charge in [0.25, 0.3) is 0 Å². The molecule has 1 aliphatic rings. The van der Waals surface area contributed by atoms with Crippen molar-refractivity contribution in [2.24, 2.45) is 5.92 Å². The second-order valence-corrected chi connectivity index (χ2v) is 5.20. The molecule has 88 valence electrons. The Balaban J connectivity index is 2.03. The maximum Gasteiger partial charge on any atom is 0.201 e. The molecule has 0 unspecified atom stereocenters. The van der Waals surface area contributed by atoms with Crippen LogP contribution >= 0.6 is 0 Å². The molecule has 0 bridgehead atoms. The number of hydrogen-bond acceptors (Lipinski definition) is 2. The molecule has 1 aromatic carbocycles. The molecule has 17 heavy (non-hydrogen) atoms. The van der Waals surface area contributed by atoms with Gasteiger partial charge in [0.1, 0.15) is 5.58 Å². The molecule has 1 heterocycles. The standard InChI is InChI=1S/C15H16O2/c1-9(2)11-5-6-13-12(7-11)8-14(17-13)15(16)10-3-4-10/h5-10H,3-4H2,1-2H3. The molecule has 1 saturated carbocycles. The minimum atomic E-state index is 0.173. The summed E-state index contributed by atoms with van der Waals surface area (Å²) in [6, 6.07) is 8.05. The normalized spacial score (nSPS) is 15.7. The van der Waals surface area contributed by atoms with E-state index in [1.54, 1.807) is 0 Å². The van der Waals surface area contributed by atoms with Crippen molar-refractivity contribution in [3.8, 4) is 0 Å². The smallest absolute Gasteiger partial charge is 0.201 e. The van der Waals surface area contributed by atoms with Gasteiger partial charge in [-0.15, -0.1) is 0 Å². The summed E-state index contributed by atoms with van der Waals surface area (Å²) in [5, 5.41) is 1.04. The van der Waals surface area contributed by atoms with E-state index in [2.05, 4.69) is 26.0 Å². The van der Waals surface area contributed by atoms with E-state index in [-0.39, 0.29) is 11.7 Å². The van der Waals surface area contributed by atoms with Crippen molar-refractivity contribution in [1.82, 2.24) is 0 Å². The summed E-state index contributed by atoms with van der Waals surface area (Å²) >= 11 is 0. The average molecular weight is 228 g/mol. The molecule has 2 nitrogen and oxygen atoms in total. The molecule has 1 aliphatic carbocycles. The van der Waals surface area contributed by atoms with Gasteiger partial charge >= 0.3 is 0 Å².